The predicted molar refractivity (Wildman–Crippen MR) is 130 cm³/mol. The summed E-state index contributed by atoms with van der Waals surface area (Å²) in [5.74, 6) is 0.238. The molecule has 1 amide bonds. The Labute approximate surface area is 201 Å². The summed E-state index contributed by atoms with van der Waals surface area (Å²) in [7, 11) is 3.59. The Bertz CT molecular complexity index is 1350. The summed E-state index contributed by atoms with van der Waals surface area (Å²) in [4.78, 5) is 27.8. The van der Waals surface area contributed by atoms with Crippen LogP contribution in [0.3, 0.4) is 0 Å². The van der Waals surface area contributed by atoms with Crippen molar-refractivity contribution < 1.29 is 9.90 Å². The largest absolute Gasteiger partial charge is 0.375 e. The molecular formula is C24H25N7O2S. The van der Waals surface area contributed by atoms with Crippen LogP contribution in [0.2, 0.25) is 0 Å². The number of likely N-dealkylation sites (N-methyl/N-ethyl adjacent to an activating group) is 1. The lowest BCUT2D eigenvalue weighted by atomic mass is 9.91. The normalized spacial score (nSPS) is 18.9. The molecule has 1 unspecified atom stereocenters. The van der Waals surface area contributed by atoms with Crippen molar-refractivity contribution in [3.8, 4) is 22.0 Å². The molecular weight excluding hydrogens is 450 g/mol. The number of rotatable bonds is 6. The molecule has 2 N–H and O–H groups in total. The van der Waals surface area contributed by atoms with Gasteiger partial charge in [-0.3, -0.25) is 9.48 Å². The first kappa shape index (κ1) is 22.2. The standard InChI is InChI=1S/C24H25N7O2S/c1-15(17-12-26-31(3)13-17)27-23-25-9-7-19(29-23)20-14-34-21(28-20)16-5-4-6-18(11-16)24(33)8-10-30(2)22(24)32/h4-7,9,11-15,33H,8,10H2,1-3H3,(H,25,27,29)/t15?,24-/m1/s1. The molecule has 1 fully saturated rings. The maximum atomic E-state index is 12.5. The van der Waals surface area contributed by atoms with E-state index in [1.807, 2.05) is 56.0 Å². The third-order valence-corrected chi connectivity index (χ3v) is 6.98. The van der Waals surface area contributed by atoms with E-state index < -0.39 is 5.60 Å². The maximum Gasteiger partial charge on any atom is 0.258 e. The molecule has 0 spiro atoms. The Balaban J connectivity index is 1.38. The fourth-order valence-electron chi connectivity index (χ4n) is 4.07. The van der Waals surface area contributed by atoms with Gasteiger partial charge in [0.15, 0.2) is 5.60 Å². The Kier molecular flexibility index (Phi) is 5.62. The SMILES string of the molecule is CC(Nc1nccc(-c2csc(-c3cccc([C@]4(O)CCN(C)C4=O)c3)n2)n1)c1cnn(C)c1. The molecule has 2 atom stereocenters. The van der Waals surface area contributed by atoms with Gasteiger partial charge in [0, 0.05) is 56.0 Å². The molecule has 5 rings (SSSR count). The van der Waals surface area contributed by atoms with E-state index in [1.54, 1.807) is 28.9 Å². The van der Waals surface area contributed by atoms with E-state index in [4.69, 9.17) is 4.98 Å². The predicted octanol–water partition coefficient (Wildman–Crippen LogP) is 3.22. The quantitative estimate of drug-likeness (QED) is 0.441. The summed E-state index contributed by atoms with van der Waals surface area (Å²) in [5.41, 5.74) is 2.45. The second-order valence-electron chi connectivity index (χ2n) is 8.53. The lowest BCUT2D eigenvalue weighted by Gasteiger charge is -2.21. The van der Waals surface area contributed by atoms with Gasteiger partial charge in [0.2, 0.25) is 5.95 Å². The Morgan fingerprint density at radius 1 is 1.21 bits per heavy atom. The molecule has 0 bridgehead atoms. The molecule has 0 radical (unpaired) electrons. The number of amides is 1. The topological polar surface area (TPSA) is 109 Å². The highest BCUT2D eigenvalue weighted by Crippen LogP contribution is 2.36. The fourth-order valence-corrected chi connectivity index (χ4v) is 4.88. The summed E-state index contributed by atoms with van der Waals surface area (Å²) < 4.78 is 1.76. The van der Waals surface area contributed by atoms with E-state index in [-0.39, 0.29) is 11.9 Å². The van der Waals surface area contributed by atoms with Crippen molar-refractivity contribution in [1.82, 2.24) is 29.6 Å². The van der Waals surface area contributed by atoms with Crippen LogP contribution in [0.4, 0.5) is 5.95 Å². The molecule has 1 aromatic carbocycles. The summed E-state index contributed by atoms with van der Waals surface area (Å²) in [6.45, 7) is 2.56. The van der Waals surface area contributed by atoms with E-state index >= 15 is 0 Å². The number of aliphatic hydroxyl groups is 1. The Morgan fingerprint density at radius 3 is 2.79 bits per heavy atom. The number of anilines is 1. The van der Waals surface area contributed by atoms with E-state index in [2.05, 4.69) is 20.4 Å². The number of thiazole rings is 1. The molecule has 1 aliphatic heterocycles. The lowest BCUT2D eigenvalue weighted by Crippen LogP contribution is -2.36. The minimum atomic E-state index is -1.48. The highest BCUT2D eigenvalue weighted by Gasteiger charge is 2.45. The van der Waals surface area contributed by atoms with Crippen LogP contribution in [0.5, 0.6) is 0 Å². The van der Waals surface area contributed by atoms with Gasteiger partial charge in [0.25, 0.3) is 5.91 Å². The number of carbonyl (C=O) groups is 1. The molecule has 3 aromatic heterocycles. The van der Waals surface area contributed by atoms with Gasteiger partial charge in [0.05, 0.1) is 17.9 Å². The molecule has 1 aliphatic rings. The molecule has 1 saturated heterocycles. The van der Waals surface area contributed by atoms with Gasteiger partial charge in [-0.1, -0.05) is 18.2 Å². The summed E-state index contributed by atoms with van der Waals surface area (Å²) in [6.07, 6.45) is 5.85. The minimum Gasteiger partial charge on any atom is -0.375 e. The van der Waals surface area contributed by atoms with Gasteiger partial charge in [0.1, 0.15) is 10.7 Å². The monoisotopic (exact) mass is 475 g/mol. The van der Waals surface area contributed by atoms with Crippen LogP contribution in [0.1, 0.15) is 30.5 Å². The van der Waals surface area contributed by atoms with Gasteiger partial charge >= 0.3 is 0 Å². The number of aryl methyl sites for hydroxylation is 1. The highest BCUT2D eigenvalue weighted by molar-refractivity contribution is 7.13. The van der Waals surface area contributed by atoms with Crippen LogP contribution in [-0.2, 0) is 17.4 Å². The first-order chi connectivity index (χ1) is 16.3. The fraction of sp³-hybridized carbons (Fsp3) is 0.292. The number of likely N-dealkylation sites (tertiary alicyclic amines) is 1. The zero-order valence-corrected chi connectivity index (χ0v) is 20.0. The van der Waals surface area contributed by atoms with E-state index in [0.29, 0.717) is 30.2 Å². The summed E-state index contributed by atoms with van der Waals surface area (Å²) >= 11 is 1.49. The third kappa shape index (κ3) is 4.06. The second kappa shape index (κ2) is 8.62. The van der Waals surface area contributed by atoms with Gasteiger partial charge in [-0.05, 0) is 24.6 Å². The minimum absolute atomic E-state index is 0.000768. The van der Waals surface area contributed by atoms with Crippen LogP contribution < -0.4 is 5.32 Å². The molecule has 174 valence electrons. The number of nitrogens with zero attached hydrogens (tertiary/aromatic N) is 6. The zero-order valence-electron chi connectivity index (χ0n) is 19.1. The average Bonchev–Trinajstić information content (AvgIpc) is 3.57. The second-order valence-corrected chi connectivity index (χ2v) is 9.39. The van der Waals surface area contributed by atoms with Crippen LogP contribution in [0, 0.1) is 0 Å². The molecule has 4 heterocycles. The van der Waals surface area contributed by atoms with Gasteiger partial charge in [-0.2, -0.15) is 5.10 Å². The molecule has 4 aromatic rings. The van der Waals surface area contributed by atoms with Crippen molar-refractivity contribution in [2.75, 3.05) is 18.9 Å². The number of hydrogen-bond donors (Lipinski definition) is 2. The number of aromatic nitrogens is 5. The van der Waals surface area contributed by atoms with Crippen molar-refractivity contribution in [2.24, 2.45) is 7.05 Å². The first-order valence-corrected chi connectivity index (χ1v) is 11.8. The molecule has 10 heteroatoms. The molecule has 0 aliphatic carbocycles. The molecule has 34 heavy (non-hydrogen) atoms. The van der Waals surface area contributed by atoms with Gasteiger partial charge < -0.3 is 15.3 Å². The van der Waals surface area contributed by atoms with E-state index in [9.17, 15) is 9.90 Å². The lowest BCUT2D eigenvalue weighted by molar-refractivity contribution is -0.143. The number of hydrogen-bond acceptors (Lipinski definition) is 8. The number of carbonyl (C=O) groups excluding carboxylic acids is 1. The van der Waals surface area contributed by atoms with Crippen LogP contribution in [-0.4, -0.2) is 54.2 Å². The smallest absolute Gasteiger partial charge is 0.258 e. The highest BCUT2D eigenvalue weighted by atomic mass is 32.1. The van der Waals surface area contributed by atoms with Crippen LogP contribution >= 0.6 is 11.3 Å². The van der Waals surface area contributed by atoms with Crippen molar-refractivity contribution >= 4 is 23.2 Å². The summed E-state index contributed by atoms with van der Waals surface area (Å²) in [6, 6.07) is 9.25. The van der Waals surface area contributed by atoms with E-state index in [1.165, 1.54) is 11.3 Å². The third-order valence-electron chi connectivity index (χ3n) is 6.09. The Morgan fingerprint density at radius 2 is 2.06 bits per heavy atom. The van der Waals surface area contributed by atoms with Crippen molar-refractivity contribution in [2.45, 2.75) is 25.0 Å². The van der Waals surface area contributed by atoms with Gasteiger partial charge in [-0.15, -0.1) is 11.3 Å². The van der Waals surface area contributed by atoms with E-state index in [0.717, 1.165) is 21.8 Å². The van der Waals surface area contributed by atoms with Gasteiger partial charge in [-0.25, -0.2) is 15.0 Å². The van der Waals surface area contributed by atoms with Crippen molar-refractivity contribution in [1.29, 1.82) is 0 Å². The number of benzene rings is 1. The average molecular weight is 476 g/mol. The number of nitrogens with one attached hydrogen (secondary N) is 1. The van der Waals surface area contributed by atoms with Crippen LogP contribution in [0.15, 0.2) is 54.3 Å². The maximum absolute atomic E-state index is 12.5. The Hall–Kier alpha value is -3.63. The first-order valence-electron chi connectivity index (χ1n) is 11.0. The van der Waals surface area contributed by atoms with Crippen molar-refractivity contribution in [3.05, 3.63) is 65.4 Å². The summed E-state index contributed by atoms with van der Waals surface area (Å²) in [5, 5.41) is 21.3. The zero-order chi connectivity index (χ0) is 23.9. The van der Waals surface area contributed by atoms with Crippen LogP contribution in [0.25, 0.3) is 22.0 Å². The molecule has 9 nitrogen and oxygen atoms in total. The molecule has 0 saturated carbocycles. The van der Waals surface area contributed by atoms with Crippen molar-refractivity contribution in [3.63, 3.8) is 0 Å².